The lowest BCUT2D eigenvalue weighted by Crippen LogP contribution is -2.45. The maximum Gasteiger partial charge on any atom is 0.243 e. The van der Waals surface area contributed by atoms with E-state index in [1.165, 1.54) is 10.4 Å². The number of hydrogen-bond acceptors (Lipinski definition) is 5. The van der Waals surface area contributed by atoms with Gasteiger partial charge in [0.1, 0.15) is 13.2 Å². The molecule has 4 rings (SSSR count). The standard InChI is InChI=1S/C24H29ClN2O5S/c1-24(2,18-4-3-5-19(25)14-18)16-26-23(28)17-8-10-27(11-9-17)33(29,30)20-6-7-21-22(15-20)32-13-12-31-21/h3-7,14-15,17H,8-13,16H2,1-2H3,(H,26,28). The lowest BCUT2D eigenvalue weighted by atomic mass is 9.84. The predicted molar refractivity (Wildman–Crippen MR) is 126 cm³/mol. The number of benzene rings is 2. The van der Waals surface area contributed by atoms with Crippen LogP contribution in [0, 0.1) is 5.92 Å². The van der Waals surface area contributed by atoms with Crippen molar-refractivity contribution >= 4 is 27.5 Å². The van der Waals surface area contributed by atoms with Crippen molar-refractivity contribution in [3.8, 4) is 11.5 Å². The first-order valence-electron chi connectivity index (χ1n) is 11.1. The van der Waals surface area contributed by atoms with Gasteiger partial charge in [-0.1, -0.05) is 37.6 Å². The van der Waals surface area contributed by atoms with E-state index < -0.39 is 10.0 Å². The number of nitrogens with zero attached hydrogens (tertiary/aromatic N) is 1. The second-order valence-corrected chi connectivity index (χ2v) is 11.5. The van der Waals surface area contributed by atoms with Crippen LogP contribution in [0.2, 0.25) is 5.02 Å². The molecule has 0 radical (unpaired) electrons. The molecule has 2 aliphatic heterocycles. The average molecular weight is 493 g/mol. The minimum atomic E-state index is -3.67. The fourth-order valence-corrected chi connectivity index (χ4v) is 5.83. The second kappa shape index (κ2) is 9.52. The molecule has 178 valence electrons. The highest BCUT2D eigenvalue weighted by Gasteiger charge is 2.33. The molecule has 2 aromatic rings. The summed E-state index contributed by atoms with van der Waals surface area (Å²) < 4.78 is 38.7. The van der Waals surface area contributed by atoms with Crippen molar-refractivity contribution in [1.82, 2.24) is 9.62 Å². The molecule has 33 heavy (non-hydrogen) atoms. The van der Waals surface area contributed by atoms with Crippen LogP contribution in [-0.2, 0) is 20.2 Å². The van der Waals surface area contributed by atoms with E-state index in [1.807, 2.05) is 24.3 Å². The largest absolute Gasteiger partial charge is 0.486 e. The summed E-state index contributed by atoms with van der Waals surface area (Å²) in [5, 5.41) is 3.71. The zero-order chi connectivity index (χ0) is 23.6. The number of fused-ring (bicyclic) bond motifs is 1. The van der Waals surface area contributed by atoms with Crippen LogP contribution >= 0.6 is 11.6 Å². The van der Waals surface area contributed by atoms with Crippen molar-refractivity contribution in [3.05, 3.63) is 53.1 Å². The smallest absolute Gasteiger partial charge is 0.243 e. The number of carbonyl (C=O) groups is 1. The molecule has 0 bridgehead atoms. The third-order valence-electron chi connectivity index (χ3n) is 6.29. The summed E-state index contributed by atoms with van der Waals surface area (Å²) in [5.74, 6) is 0.739. The molecular formula is C24H29ClN2O5S. The third kappa shape index (κ3) is 5.28. The first-order chi connectivity index (χ1) is 15.7. The van der Waals surface area contributed by atoms with Crippen molar-refractivity contribution in [1.29, 1.82) is 0 Å². The number of amides is 1. The monoisotopic (exact) mass is 492 g/mol. The maximum atomic E-state index is 13.1. The summed E-state index contributed by atoms with van der Waals surface area (Å²) in [5.41, 5.74) is 0.777. The number of halogens is 1. The molecule has 7 nitrogen and oxygen atoms in total. The van der Waals surface area contributed by atoms with E-state index in [0.717, 1.165) is 5.56 Å². The van der Waals surface area contributed by atoms with Crippen molar-refractivity contribution in [2.45, 2.75) is 37.0 Å². The van der Waals surface area contributed by atoms with Crippen LogP contribution in [0.3, 0.4) is 0 Å². The van der Waals surface area contributed by atoms with Gasteiger partial charge in [-0.25, -0.2) is 8.42 Å². The molecular weight excluding hydrogens is 464 g/mol. The Morgan fingerprint density at radius 2 is 1.79 bits per heavy atom. The van der Waals surface area contributed by atoms with Gasteiger partial charge in [0.05, 0.1) is 4.90 Å². The van der Waals surface area contributed by atoms with E-state index in [2.05, 4.69) is 19.2 Å². The molecule has 2 aliphatic rings. The average Bonchev–Trinajstić information content (AvgIpc) is 2.82. The lowest BCUT2D eigenvalue weighted by molar-refractivity contribution is -0.126. The van der Waals surface area contributed by atoms with E-state index in [9.17, 15) is 13.2 Å². The Kier molecular flexibility index (Phi) is 6.88. The third-order valence-corrected chi connectivity index (χ3v) is 8.42. The zero-order valence-corrected chi connectivity index (χ0v) is 20.4. The van der Waals surface area contributed by atoms with Crippen LogP contribution in [0.5, 0.6) is 11.5 Å². The van der Waals surface area contributed by atoms with E-state index in [-0.39, 0.29) is 22.1 Å². The SMILES string of the molecule is CC(C)(CNC(=O)C1CCN(S(=O)(=O)c2ccc3c(c2)OCCO3)CC1)c1cccc(Cl)c1. The Morgan fingerprint density at radius 1 is 1.09 bits per heavy atom. The van der Waals surface area contributed by atoms with E-state index >= 15 is 0 Å². The van der Waals surface area contributed by atoms with Crippen LogP contribution in [-0.4, -0.2) is 51.5 Å². The quantitative estimate of drug-likeness (QED) is 0.666. The summed E-state index contributed by atoms with van der Waals surface area (Å²) in [6.07, 6.45) is 0.959. The van der Waals surface area contributed by atoms with E-state index in [1.54, 1.807) is 12.1 Å². The molecule has 1 N–H and O–H groups in total. The molecule has 1 amide bonds. The van der Waals surface area contributed by atoms with Crippen molar-refractivity contribution in [3.63, 3.8) is 0 Å². The molecule has 2 heterocycles. The van der Waals surface area contributed by atoms with Crippen LogP contribution in [0.4, 0.5) is 0 Å². The van der Waals surface area contributed by atoms with Crippen molar-refractivity contribution < 1.29 is 22.7 Å². The highest BCUT2D eigenvalue weighted by Crippen LogP contribution is 2.34. The zero-order valence-electron chi connectivity index (χ0n) is 18.8. The van der Waals surface area contributed by atoms with Gasteiger partial charge >= 0.3 is 0 Å². The Labute approximate surface area is 200 Å². The lowest BCUT2D eigenvalue weighted by Gasteiger charge is -2.32. The normalized spacial score (nSPS) is 17.5. The molecule has 0 atom stereocenters. The number of carbonyl (C=O) groups excluding carboxylic acids is 1. The highest BCUT2D eigenvalue weighted by molar-refractivity contribution is 7.89. The van der Waals surface area contributed by atoms with Gasteiger partial charge in [0.15, 0.2) is 11.5 Å². The van der Waals surface area contributed by atoms with E-state index in [0.29, 0.717) is 62.2 Å². The van der Waals surface area contributed by atoms with Gasteiger partial charge in [-0.15, -0.1) is 0 Å². The summed E-state index contributed by atoms with van der Waals surface area (Å²) in [4.78, 5) is 13.0. The molecule has 0 spiro atoms. The van der Waals surface area contributed by atoms with Gasteiger partial charge < -0.3 is 14.8 Å². The predicted octanol–water partition coefficient (Wildman–Crippen LogP) is 3.61. The number of hydrogen-bond donors (Lipinski definition) is 1. The summed E-state index contributed by atoms with van der Waals surface area (Å²) in [6, 6.07) is 12.3. The molecule has 2 aromatic carbocycles. The van der Waals surface area contributed by atoms with Crippen LogP contribution in [0.1, 0.15) is 32.3 Å². The van der Waals surface area contributed by atoms with Gasteiger partial charge in [-0.05, 0) is 42.7 Å². The number of sulfonamides is 1. The molecule has 1 saturated heterocycles. The number of piperidine rings is 1. The first kappa shape index (κ1) is 23.9. The van der Waals surface area contributed by atoms with Crippen LogP contribution < -0.4 is 14.8 Å². The molecule has 0 aromatic heterocycles. The molecule has 9 heteroatoms. The summed E-state index contributed by atoms with van der Waals surface area (Å²) in [6.45, 7) is 6.03. The fraction of sp³-hybridized carbons (Fsp3) is 0.458. The van der Waals surface area contributed by atoms with Crippen LogP contribution in [0.15, 0.2) is 47.4 Å². The Hall–Kier alpha value is -2.29. The Balaban J connectivity index is 1.34. The topological polar surface area (TPSA) is 84.9 Å². The first-order valence-corrected chi connectivity index (χ1v) is 12.9. The van der Waals surface area contributed by atoms with Crippen molar-refractivity contribution in [2.75, 3.05) is 32.8 Å². The summed E-state index contributed by atoms with van der Waals surface area (Å²) >= 11 is 6.11. The fourth-order valence-electron chi connectivity index (χ4n) is 4.16. The number of ether oxygens (including phenoxy) is 2. The highest BCUT2D eigenvalue weighted by atomic mass is 35.5. The molecule has 1 fully saturated rings. The molecule has 0 saturated carbocycles. The van der Waals surface area contributed by atoms with Crippen molar-refractivity contribution in [2.24, 2.45) is 5.92 Å². The molecule has 0 unspecified atom stereocenters. The number of rotatable bonds is 6. The van der Waals surface area contributed by atoms with Crippen LogP contribution in [0.25, 0.3) is 0 Å². The Bertz CT molecular complexity index is 1130. The van der Waals surface area contributed by atoms with Gasteiger partial charge in [0.2, 0.25) is 15.9 Å². The molecule has 0 aliphatic carbocycles. The maximum absolute atomic E-state index is 13.1. The Morgan fingerprint density at radius 3 is 2.48 bits per heavy atom. The summed E-state index contributed by atoms with van der Waals surface area (Å²) in [7, 11) is -3.67. The van der Waals surface area contributed by atoms with Gasteiger partial charge in [0.25, 0.3) is 0 Å². The van der Waals surface area contributed by atoms with Gasteiger partial charge in [0, 0.05) is 42.1 Å². The van der Waals surface area contributed by atoms with Gasteiger partial charge in [-0.2, -0.15) is 4.31 Å². The second-order valence-electron chi connectivity index (χ2n) is 9.10. The number of nitrogens with one attached hydrogen (secondary N) is 1. The van der Waals surface area contributed by atoms with Gasteiger partial charge in [-0.3, -0.25) is 4.79 Å². The van der Waals surface area contributed by atoms with E-state index in [4.69, 9.17) is 21.1 Å². The minimum Gasteiger partial charge on any atom is -0.486 e. The minimum absolute atomic E-state index is 0.0403.